The molecule has 0 N–H and O–H groups in total. The normalized spacial score (nSPS) is 13.3. The maximum atomic E-state index is 5.43. The van der Waals surface area contributed by atoms with E-state index >= 15 is 0 Å². The Hall–Kier alpha value is -7.83. The summed E-state index contributed by atoms with van der Waals surface area (Å²) in [6.45, 7) is 4.70. The molecular weight excluding hydrogens is 733 g/mol. The van der Waals surface area contributed by atoms with Gasteiger partial charge in [0.25, 0.3) is 0 Å². The summed E-state index contributed by atoms with van der Waals surface area (Å²) in [5.74, 6) is 0.604. The number of nitrogens with zero attached hydrogens (tertiary/aromatic N) is 6. The lowest BCUT2D eigenvalue weighted by Gasteiger charge is -2.42. The fourth-order valence-electron chi connectivity index (χ4n) is 9.52. The van der Waals surface area contributed by atoms with E-state index in [1.54, 1.807) is 0 Å². The lowest BCUT2D eigenvalue weighted by molar-refractivity contribution is 0.632. The Morgan fingerprint density at radius 1 is 0.483 bits per heavy atom. The van der Waals surface area contributed by atoms with Crippen LogP contribution in [-0.2, 0) is 5.41 Å². The van der Waals surface area contributed by atoms with Crippen LogP contribution in [0.3, 0.4) is 0 Å². The lowest BCUT2D eigenvalue weighted by Crippen LogP contribution is -2.30. The third-order valence-electron chi connectivity index (χ3n) is 12.4. The molecule has 284 valence electrons. The zero-order chi connectivity index (χ0) is 40.0. The van der Waals surface area contributed by atoms with Crippen LogP contribution >= 0.6 is 0 Å². The first-order valence-corrected chi connectivity index (χ1v) is 20.5. The molecule has 4 heterocycles. The monoisotopic (exact) mass is 770 g/mol. The first-order valence-electron chi connectivity index (χ1n) is 20.5. The van der Waals surface area contributed by atoms with Crippen molar-refractivity contribution in [2.75, 3.05) is 4.90 Å². The zero-order valence-electron chi connectivity index (χ0n) is 33.2. The van der Waals surface area contributed by atoms with E-state index in [0.29, 0.717) is 5.95 Å². The number of aromatic nitrogens is 5. The van der Waals surface area contributed by atoms with Crippen LogP contribution in [-0.4, -0.2) is 24.3 Å². The molecule has 12 rings (SSSR count). The molecule has 11 aromatic rings. The average molecular weight is 771 g/mol. The summed E-state index contributed by atoms with van der Waals surface area (Å²) in [5, 5.41) is 9.57. The molecule has 0 unspecified atom stereocenters. The van der Waals surface area contributed by atoms with Crippen LogP contribution in [0.1, 0.15) is 25.0 Å². The summed E-state index contributed by atoms with van der Waals surface area (Å²) < 4.78 is 4.18. The van der Waals surface area contributed by atoms with Gasteiger partial charge in [0.2, 0.25) is 5.95 Å². The Labute approximate surface area is 347 Å². The molecule has 1 aliphatic rings. The fourth-order valence-corrected chi connectivity index (χ4v) is 9.52. The van der Waals surface area contributed by atoms with Crippen LogP contribution in [0.2, 0.25) is 0 Å². The van der Waals surface area contributed by atoms with Crippen LogP contribution in [0.15, 0.2) is 194 Å². The highest BCUT2D eigenvalue weighted by Crippen LogP contribution is 2.52. The molecule has 0 saturated heterocycles. The van der Waals surface area contributed by atoms with Gasteiger partial charge in [-0.2, -0.15) is 5.10 Å². The molecule has 0 aliphatic carbocycles. The van der Waals surface area contributed by atoms with Crippen molar-refractivity contribution in [3.8, 4) is 34.0 Å². The Bertz CT molecular complexity index is 3460. The quantitative estimate of drug-likeness (QED) is 0.175. The number of benzene rings is 8. The maximum Gasteiger partial charge on any atom is 0.235 e. The summed E-state index contributed by atoms with van der Waals surface area (Å²) in [5.41, 5.74) is 14.8. The van der Waals surface area contributed by atoms with Gasteiger partial charge in [-0.15, -0.1) is 0 Å². The van der Waals surface area contributed by atoms with Gasteiger partial charge in [-0.3, -0.25) is 4.57 Å². The first kappa shape index (κ1) is 34.2. The van der Waals surface area contributed by atoms with E-state index in [1.165, 1.54) is 44.2 Å². The molecule has 0 amide bonds. The minimum absolute atomic E-state index is 0.218. The number of anilines is 3. The average Bonchev–Trinajstić information content (AvgIpc) is 3.89. The van der Waals surface area contributed by atoms with Crippen LogP contribution in [0.4, 0.5) is 17.1 Å². The third kappa shape index (κ3) is 5.10. The molecule has 60 heavy (non-hydrogen) atoms. The van der Waals surface area contributed by atoms with Crippen molar-refractivity contribution < 1.29 is 0 Å². The zero-order valence-corrected chi connectivity index (χ0v) is 33.2. The smallest absolute Gasteiger partial charge is 0.235 e. The van der Waals surface area contributed by atoms with E-state index in [4.69, 9.17) is 15.1 Å². The molecule has 6 nitrogen and oxygen atoms in total. The van der Waals surface area contributed by atoms with E-state index < -0.39 is 0 Å². The summed E-state index contributed by atoms with van der Waals surface area (Å²) in [4.78, 5) is 13.1. The standard InChI is InChI=1S/C54H38N6/c1-54(2)43-24-14-15-25-47(43)58(39-19-8-4-9-20-39)48-30-28-38(33-44(48)54)37-27-29-46-42(32-37)50-41-23-13-12-16-35(41)26-31-49(50)59(46)53-56-45-34-55-60(40-21-10-5-11-22-40)52(45)51(57-53)36-17-6-3-7-18-36/h3-34H,1-2H3. The molecule has 6 heteroatoms. The van der Waals surface area contributed by atoms with Crippen LogP contribution in [0.5, 0.6) is 0 Å². The number of para-hydroxylation sites is 3. The highest BCUT2D eigenvalue weighted by molar-refractivity contribution is 6.21. The molecule has 0 atom stereocenters. The second-order valence-corrected chi connectivity index (χ2v) is 16.2. The highest BCUT2D eigenvalue weighted by atomic mass is 15.3. The molecule has 0 spiro atoms. The van der Waals surface area contributed by atoms with Crippen molar-refractivity contribution in [2.45, 2.75) is 19.3 Å². The molecule has 0 radical (unpaired) electrons. The minimum atomic E-state index is -0.218. The third-order valence-corrected chi connectivity index (χ3v) is 12.4. The summed E-state index contributed by atoms with van der Waals surface area (Å²) in [6, 6.07) is 67.0. The minimum Gasteiger partial charge on any atom is -0.310 e. The fraction of sp³-hybridized carbons (Fsp3) is 0.0556. The van der Waals surface area contributed by atoms with Gasteiger partial charge in [0.1, 0.15) is 16.7 Å². The Balaban J connectivity index is 1.09. The van der Waals surface area contributed by atoms with Gasteiger partial charge in [-0.1, -0.05) is 141 Å². The molecule has 0 bridgehead atoms. The number of rotatable bonds is 5. The summed E-state index contributed by atoms with van der Waals surface area (Å²) in [7, 11) is 0. The molecular formula is C54H38N6. The molecule has 8 aromatic carbocycles. The largest absolute Gasteiger partial charge is 0.310 e. The van der Waals surface area contributed by atoms with Gasteiger partial charge >= 0.3 is 0 Å². The van der Waals surface area contributed by atoms with Gasteiger partial charge in [0.15, 0.2) is 0 Å². The van der Waals surface area contributed by atoms with Gasteiger partial charge in [-0.05, 0) is 93.7 Å². The second kappa shape index (κ2) is 13.1. The Morgan fingerprint density at radius 3 is 1.95 bits per heavy atom. The number of hydrogen-bond donors (Lipinski definition) is 0. The predicted molar refractivity (Wildman–Crippen MR) is 246 cm³/mol. The number of fused-ring (bicyclic) bond motifs is 8. The van der Waals surface area contributed by atoms with Crippen LogP contribution < -0.4 is 4.90 Å². The summed E-state index contributed by atoms with van der Waals surface area (Å²) in [6.07, 6.45) is 1.86. The van der Waals surface area contributed by atoms with E-state index in [2.05, 4.69) is 187 Å². The maximum absolute atomic E-state index is 5.43. The van der Waals surface area contributed by atoms with Gasteiger partial charge in [0.05, 0.1) is 34.3 Å². The lowest BCUT2D eigenvalue weighted by atomic mass is 9.73. The molecule has 3 aromatic heterocycles. The topological polar surface area (TPSA) is 51.8 Å². The number of hydrogen-bond acceptors (Lipinski definition) is 4. The Morgan fingerprint density at radius 2 is 1.13 bits per heavy atom. The molecule has 0 saturated carbocycles. The van der Waals surface area contributed by atoms with Gasteiger partial charge in [0, 0.05) is 27.4 Å². The van der Waals surface area contributed by atoms with Crippen molar-refractivity contribution in [1.82, 2.24) is 24.3 Å². The van der Waals surface area contributed by atoms with Crippen LogP contribution in [0.25, 0.3) is 77.6 Å². The Kier molecular flexibility index (Phi) is 7.47. The van der Waals surface area contributed by atoms with Crippen molar-refractivity contribution in [2.24, 2.45) is 0 Å². The highest BCUT2D eigenvalue weighted by Gasteiger charge is 2.37. The van der Waals surface area contributed by atoms with Crippen molar-refractivity contribution in [3.63, 3.8) is 0 Å². The van der Waals surface area contributed by atoms with E-state index in [-0.39, 0.29) is 5.41 Å². The van der Waals surface area contributed by atoms with Gasteiger partial charge < -0.3 is 4.90 Å². The predicted octanol–water partition coefficient (Wildman–Crippen LogP) is 13.5. The van der Waals surface area contributed by atoms with Gasteiger partial charge in [-0.25, -0.2) is 14.6 Å². The van der Waals surface area contributed by atoms with Crippen molar-refractivity contribution in [1.29, 1.82) is 0 Å². The van der Waals surface area contributed by atoms with Crippen molar-refractivity contribution >= 4 is 60.7 Å². The first-order chi connectivity index (χ1) is 29.5. The SMILES string of the molecule is CC1(C)c2ccccc2N(c2ccccc2)c2ccc(-c3ccc4c(c3)c3c5ccccc5ccc3n4-c3nc(-c4ccccc4)c4c(cnn4-c4ccccc4)n3)cc21. The van der Waals surface area contributed by atoms with Crippen LogP contribution in [0, 0.1) is 0 Å². The van der Waals surface area contributed by atoms with Crippen molar-refractivity contribution in [3.05, 3.63) is 205 Å². The van der Waals surface area contributed by atoms with E-state index in [9.17, 15) is 0 Å². The second-order valence-electron chi connectivity index (χ2n) is 16.2. The summed E-state index contributed by atoms with van der Waals surface area (Å²) >= 11 is 0. The molecule has 1 aliphatic heterocycles. The van der Waals surface area contributed by atoms with E-state index in [0.717, 1.165) is 55.6 Å². The molecule has 0 fully saturated rings. The van der Waals surface area contributed by atoms with E-state index in [1.807, 2.05) is 35.1 Å².